The molecule has 7 heteroatoms. The molecule has 0 aliphatic carbocycles. The molecule has 2 aromatic rings. The zero-order chi connectivity index (χ0) is 22.7. The maximum atomic E-state index is 13.2. The van der Waals surface area contributed by atoms with Crippen LogP contribution >= 0.6 is 11.8 Å². The number of benzene rings is 2. The van der Waals surface area contributed by atoms with E-state index < -0.39 is 0 Å². The van der Waals surface area contributed by atoms with Gasteiger partial charge < -0.3 is 14.4 Å². The summed E-state index contributed by atoms with van der Waals surface area (Å²) in [6.07, 6.45) is 1.25. The van der Waals surface area contributed by atoms with Crippen LogP contribution in [0.5, 0.6) is 11.5 Å². The van der Waals surface area contributed by atoms with Crippen molar-refractivity contribution in [1.82, 2.24) is 4.90 Å². The van der Waals surface area contributed by atoms with E-state index in [0.29, 0.717) is 36.2 Å². The number of fused-ring (bicyclic) bond motifs is 1. The van der Waals surface area contributed by atoms with Crippen molar-refractivity contribution in [2.24, 2.45) is 0 Å². The smallest absolute Gasteiger partial charge is 0.229 e. The van der Waals surface area contributed by atoms with E-state index in [-0.39, 0.29) is 18.2 Å². The molecule has 2 aliphatic rings. The van der Waals surface area contributed by atoms with Gasteiger partial charge in [-0.05, 0) is 48.7 Å². The second-order valence-corrected chi connectivity index (χ2v) is 8.66. The maximum absolute atomic E-state index is 13.2. The number of aryl methyl sites for hydroxylation is 1. The highest BCUT2D eigenvalue weighted by molar-refractivity contribution is 8.03. The van der Waals surface area contributed by atoms with Crippen molar-refractivity contribution in [3.63, 3.8) is 0 Å². The summed E-state index contributed by atoms with van der Waals surface area (Å²) in [5.41, 5.74) is 3.90. The fourth-order valence-electron chi connectivity index (χ4n) is 4.13. The minimum absolute atomic E-state index is 0.0271. The Bertz CT molecular complexity index is 1070. The van der Waals surface area contributed by atoms with Crippen LogP contribution in [0.25, 0.3) is 0 Å². The summed E-state index contributed by atoms with van der Waals surface area (Å²) < 4.78 is 11.1. The van der Waals surface area contributed by atoms with Crippen molar-refractivity contribution in [3.8, 4) is 17.6 Å². The molecule has 1 fully saturated rings. The topological polar surface area (TPSA) is 65.8 Å². The second-order valence-electron chi connectivity index (χ2n) is 7.73. The van der Waals surface area contributed by atoms with Gasteiger partial charge >= 0.3 is 0 Å². The van der Waals surface area contributed by atoms with Gasteiger partial charge in [-0.1, -0.05) is 36.9 Å². The Kier molecular flexibility index (Phi) is 6.61. The van der Waals surface area contributed by atoms with Gasteiger partial charge in [-0.25, -0.2) is 0 Å². The van der Waals surface area contributed by atoms with Gasteiger partial charge in [0.05, 0.1) is 42.9 Å². The van der Waals surface area contributed by atoms with Crippen LogP contribution < -0.4 is 14.4 Å². The predicted molar refractivity (Wildman–Crippen MR) is 127 cm³/mol. The first-order chi connectivity index (χ1) is 15.6. The van der Waals surface area contributed by atoms with Crippen molar-refractivity contribution in [1.29, 1.82) is 5.26 Å². The van der Waals surface area contributed by atoms with E-state index >= 15 is 0 Å². The molecule has 32 heavy (non-hydrogen) atoms. The van der Waals surface area contributed by atoms with Gasteiger partial charge in [0.15, 0.2) is 11.5 Å². The lowest BCUT2D eigenvalue weighted by atomic mass is 9.86. The van der Waals surface area contributed by atoms with E-state index in [4.69, 9.17) is 9.47 Å². The van der Waals surface area contributed by atoms with E-state index in [1.54, 1.807) is 23.8 Å². The van der Waals surface area contributed by atoms with Gasteiger partial charge in [0, 0.05) is 18.0 Å². The van der Waals surface area contributed by atoms with Crippen LogP contribution in [-0.4, -0.2) is 37.1 Å². The van der Waals surface area contributed by atoms with Gasteiger partial charge in [0.1, 0.15) is 0 Å². The molecule has 166 valence electrons. The summed E-state index contributed by atoms with van der Waals surface area (Å²) >= 11 is 1.55. The number of anilines is 1. The Morgan fingerprint density at radius 2 is 1.94 bits per heavy atom. The summed E-state index contributed by atoms with van der Waals surface area (Å²) in [5.74, 6) is 1.70. The molecule has 0 radical (unpaired) electrons. The first kappa shape index (κ1) is 22.1. The monoisotopic (exact) mass is 449 g/mol. The highest BCUT2D eigenvalue weighted by atomic mass is 32.2. The van der Waals surface area contributed by atoms with Gasteiger partial charge in [-0.3, -0.25) is 9.69 Å². The van der Waals surface area contributed by atoms with Gasteiger partial charge in [-0.15, -0.1) is 0 Å². The molecule has 1 atom stereocenters. The van der Waals surface area contributed by atoms with Gasteiger partial charge in [0.2, 0.25) is 5.91 Å². The third-order valence-corrected chi connectivity index (χ3v) is 7.05. The Morgan fingerprint density at radius 3 is 2.59 bits per heavy atom. The average molecular weight is 450 g/mol. The number of rotatable bonds is 6. The highest BCUT2D eigenvalue weighted by Gasteiger charge is 2.38. The van der Waals surface area contributed by atoms with Gasteiger partial charge in [-0.2, -0.15) is 5.26 Å². The molecule has 2 heterocycles. The molecule has 0 saturated carbocycles. The van der Waals surface area contributed by atoms with Crippen LogP contribution in [0.2, 0.25) is 0 Å². The molecule has 6 nitrogen and oxygen atoms in total. The number of hydrogen-bond donors (Lipinski definition) is 0. The second kappa shape index (κ2) is 9.58. The fourth-order valence-corrected chi connectivity index (χ4v) is 5.30. The summed E-state index contributed by atoms with van der Waals surface area (Å²) in [6.45, 7) is 5.04. The lowest BCUT2D eigenvalue weighted by Gasteiger charge is -2.42. The number of ether oxygens (including phenoxy) is 2. The van der Waals surface area contributed by atoms with Gasteiger partial charge in [0.25, 0.3) is 0 Å². The molecule has 0 bridgehead atoms. The summed E-state index contributed by atoms with van der Waals surface area (Å²) in [4.78, 5) is 17.1. The van der Waals surface area contributed by atoms with Crippen molar-refractivity contribution >= 4 is 23.4 Å². The minimum Gasteiger partial charge on any atom is -0.493 e. The van der Waals surface area contributed by atoms with Crippen molar-refractivity contribution in [3.05, 3.63) is 64.2 Å². The number of methoxy groups -OCH3 is 1. The molecule has 1 amide bonds. The van der Waals surface area contributed by atoms with Crippen LogP contribution in [0, 0.1) is 11.3 Å². The molecule has 0 unspecified atom stereocenters. The van der Waals surface area contributed by atoms with Crippen LogP contribution in [-0.2, 0) is 11.2 Å². The van der Waals surface area contributed by atoms with Crippen molar-refractivity contribution in [2.75, 3.05) is 31.2 Å². The highest BCUT2D eigenvalue weighted by Crippen LogP contribution is 2.44. The van der Waals surface area contributed by atoms with Crippen LogP contribution in [0.15, 0.2) is 53.1 Å². The molecule has 0 N–H and O–H groups in total. The standard InChI is InChI=1S/C25H27N3O3S/c1-4-17-6-9-19(10-7-17)27-15-28-24(29)13-20(21(14-26)25(28)32-16-27)18-8-11-22(31-5-2)23(12-18)30-3/h6-12,20H,4-5,13,15-16H2,1-3H3/t20-/m0/s1. The molecule has 2 aromatic carbocycles. The maximum Gasteiger partial charge on any atom is 0.229 e. The Labute approximate surface area is 193 Å². The van der Waals surface area contributed by atoms with Crippen molar-refractivity contribution < 1.29 is 14.3 Å². The number of amides is 1. The fraction of sp³-hybridized carbons (Fsp3) is 0.360. The summed E-state index contributed by atoms with van der Waals surface area (Å²) in [7, 11) is 1.59. The quantitative estimate of drug-likeness (QED) is 0.627. The van der Waals surface area contributed by atoms with E-state index in [0.717, 1.165) is 22.7 Å². The first-order valence-corrected chi connectivity index (χ1v) is 11.8. The lowest BCUT2D eigenvalue weighted by molar-refractivity contribution is -0.129. The summed E-state index contributed by atoms with van der Waals surface area (Å²) in [5, 5.41) is 10.8. The Morgan fingerprint density at radius 1 is 1.16 bits per heavy atom. The zero-order valence-electron chi connectivity index (χ0n) is 18.6. The molecule has 2 aliphatic heterocycles. The molecule has 0 aromatic heterocycles. The summed E-state index contributed by atoms with van der Waals surface area (Å²) in [6, 6.07) is 16.5. The van der Waals surface area contributed by atoms with E-state index in [1.165, 1.54) is 5.56 Å². The molecule has 4 rings (SSSR count). The normalized spacial score (nSPS) is 18.3. The average Bonchev–Trinajstić information content (AvgIpc) is 2.84. The third kappa shape index (κ3) is 4.15. The molecular weight excluding hydrogens is 422 g/mol. The van der Waals surface area contributed by atoms with Crippen LogP contribution in [0.3, 0.4) is 0 Å². The predicted octanol–water partition coefficient (Wildman–Crippen LogP) is 4.88. The number of thioether (sulfide) groups is 1. The number of carbonyl (C=O) groups is 1. The largest absolute Gasteiger partial charge is 0.493 e. The SMILES string of the molecule is CCOc1ccc([C@@H]2CC(=O)N3CN(c4ccc(CC)cc4)CSC3=C2C#N)cc1OC. The number of nitrogens with zero attached hydrogens (tertiary/aromatic N) is 3. The number of carbonyl (C=O) groups excluding carboxylic acids is 1. The Hall–Kier alpha value is -3.11. The lowest BCUT2D eigenvalue weighted by Crippen LogP contribution is -2.47. The van der Waals surface area contributed by atoms with E-state index in [2.05, 4.69) is 42.2 Å². The third-order valence-electron chi connectivity index (χ3n) is 5.89. The zero-order valence-corrected chi connectivity index (χ0v) is 19.4. The number of nitriles is 1. The number of allylic oxidation sites excluding steroid dienone is 1. The van der Waals surface area contributed by atoms with Crippen LogP contribution in [0.1, 0.15) is 37.3 Å². The molecule has 0 spiro atoms. The van der Waals surface area contributed by atoms with E-state index in [9.17, 15) is 10.1 Å². The van der Waals surface area contributed by atoms with Crippen LogP contribution in [0.4, 0.5) is 5.69 Å². The first-order valence-electron chi connectivity index (χ1n) is 10.8. The number of hydrogen-bond acceptors (Lipinski definition) is 6. The Balaban J connectivity index is 1.63. The van der Waals surface area contributed by atoms with Crippen molar-refractivity contribution in [2.45, 2.75) is 32.6 Å². The van der Waals surface area contributed by atoms with E-state index in [1.807, 2.05) is 25.1 Å². The molecule has 1 saturated heterocycles. The minimum atomic E-state index is -0.286. The molecular formula is C25H27N3O3S.